The highest BCUT2D eigenvalue weighted by molar-refractivity contribution is 6.35. The third-order valence-corrected chi connectivity index (χ3v) is 3.59. The van der Waals surface area contributed by atoms with Gasteiger partial charge in [0.2, 0.25) is 0 Å². The summed E-state index contributed by atoms with van der Waals surface area (Å²) in [4.78, 5) is 0. The summed E-state index contributed by atoms with van der Waals surface area (Å²) in [5, 5.41) is 4.73. The molecule has 1 unspecified atom stereocenters. The van der Waals surface area contributed by atoms with E-state index in [1.165, 1.54) is 0 Å². The van der Waals surface area contributed by atoms with Crippen molar-refractivity contribution in [1.29, 1.82) is 0 Å². The van der Waals surface area contributed by atoms with Gasteiger partial charge < -0.3 is 9.73 Å². The molecule has 0 amide bonds. The van der Waals surface area contributed by atoms with Crippen molar-refractivity contribution in [2.75, 3.05) is 5.32 Å². The number of hydrogen-bond donors (Lipinski definition) is 1. The maximum atomic E-state index is 6.21. The van der Waals surface area contributed by atoms with E-state index in [9.17, 15) is 0 Å². The van der Waals surface area contributed by atoms with Crippen molar-refractivity contribution in [3.63, 3.8) is 0 Å². The minimum absolute atomic E-state index is 0.0938. The first-order chi connectivity index (χ1) is 8.61. The second kappa shape index (κ2) is 5.68. The third kappa shape index (κ3) is 2.82. The molecule has 2 rings (SSSR count). The third-order valence-electron chi connectivity index (χ3n) is 2.87. The van der Waals surface area contributed by atoms with Gasteiger partial charge in [0.1, 0.15) is 5.76 Å². The zero-order valence-electron chi connectivity index (χ0n) is 10.3. The summed E-state index contributed by atoms with van der Waals surface area (Å²) in [7, 11) is 0. The first kappa shape index (κ1) is 13.3. The molecule has 1 aromatic carbocycles. The number of rotatable bonds is 4. The zero-order chi connectivity index (χ0) is 13.1. The first-order valence-electron chi connectivity index (χ1n) is 5.87. The van der Waals surface area contributed by atoms with Crippen LogP contribution in [0, 0.1) is 6.92 Å². The van der Waals surface area contributed by atoms with Crippen molar-refractivity contribution in [2.45, 2.75) is 26.3 Å². The Kier molecular flexibility index (Phi) is 4.20. The fraction of sp³-hybridized carbons (Fsp3) is 0.286. The Bertz CT molecular complexity index is 523. The average molecular weight is 284 g/mol. The standard InChI is InChI=1S/C14H15Cl2NO/c1-3-12(14-5-4-6-18-14)17-13-8-10(15)9(2)7-11(13)16/h4-8,12,17H,3H2,1-2H3. The molecule has 2 aromatic rings. The smallest absolute Gasteiger partial charge is 0.125 e. The molecule has 0 aliphatic carbocycles. The van der Waals surface area contributed by atoms with Gasteiger partial charge in [0, 0.05) is 5.02 Å². The normalized spacial score (nSPS) is 12.4. The molecule has 1 aromatic heterocycles. The highest BCUT2D eigenvalue weighted by Crippen LogP contribution is 2.32. The molecule has 4 heteroatoms. The summed E-state index contributed by atoms with van der Waals surface area (Å²) in [6.07, 6.45) is 2.57. The minimum Gasteiger partial charge on any atom is -0.467 e. The summed E-state index contributed by atoms with van der Waals surface area (Å²) >= 11 is 12.3. The van der Waals surface area contributed by atoms with Crippen LogP contribution < -0.4 is 5.32 Å². The van der Waals surface area contributed by atoms with Crippen LogP contribution in [0.2, 0.25) is 10.0 Å². The van der Waals surface area contributed by atoms with E-state index in [1.54, 1.807) is 6.26 Å². The van der Waals surface area contributed by atoms with Crippen molar-refractivity contribution in [3.8, 4) is 0 Å². The maximum Gasteiger partial charge on any atom is 0.125 e. The van der Waals surface area contributed by atoms with E-state index < -0.39 is 0 Å². The highest BCUT2D eigenvalue weighted by atomic mass is 35.5. The molecular weight excluding hydrogens is 269 g/mol. The predicted octanol–water partition coefficient (Wildman–Crippen LogP) is 5.46. The van der Waals surface area contributed by atoms with E-state index in [2.05, 4.69) is 12.2 Å². The Morgan fingerprint density at radius 3 is 2.67 bits per heavy atom. The second-order valence-corrected chi connectivity index (χ2v) is 5.02. The molecule has 0 radical (unpaired) electrons. The van der Waals surface area contributed by atoms with Crippen LogP contribution in [0.3, 0.4) is 0 Å². The largest absolute Gasteiger partial charge is 0.467 e. The van der Waals surface area contributed by atoms with Gasteiger partial charge >= 0.3 is 0 Å². The van der Waals surface area contributed by atoms with E-state index in [0.29, 0.717) is 10.0 Å². The highest BCUT2D eigenvalue weighted by Gasteiger charge is 2.14. The molecule has 0 aliphatic heterocycles. The van der Waals surface area contributed by atoms with Gasteiger partial charge in [-0.05, 0) is 43.2 Å². The van der Waals surface area contributed by atoms with Gasteiger partial charge in [-0.3, -0.25) is 0 Å². The van der Waals surface area contributed by atoms with Crippen molar-refractivity contribution in [1.82, 2.24) is 0 Å². The topological polar surface area (TPSA) is 25.2 Å². The summed E-state index contributed by atoms with van der Waals surface area (Å²) in [5.41, 5.74) is 1.80. The fourth-order valence-corrected chi connectivity index (χ4v) is 2.24. The average Bonchev–Trinajstić information content (AvgIpc) is 2.85. The number of benzene rings is 1. The van der Waals surface area contributed by atoms with Crippen molar-refractivity contribution in [2.24, 2.45) is 0 Å². The van der Waals surface area contributed by atoms with Crippen LogP contribution in [0.15, 0.2) is 34.9 Å². The lowest BCUT2D eigenvalue weighted by atomic mass is 10.1. The monoisotopic (exact) mass is 283 g/mol. The van der Waals surface area contributed by atoms with Crippen LogP contribution in [0.1, 0.15) is 30.7 Å². The summed E-state index contributed by atoms with van der Waals surface area (Å²) in [6.45, 7) is 4.02. The van der Waals surface area contributed by atoms with Gasteiger partial charge in [-0.15, -0.1) is 0 Å². The molecule has 1 heterocycles. The lowest BCUT2D eigenvalue weighted by Gasteiger charge is -2.17. The molecule has 1 N–H and O–H groups in total. The lowest BCUT2D eigenvalue weighted by molar-refractivity contribution is 0.474. The predicted molar refractivity (Wildman–Crippen MR) is 76.6 cm³/mol. The first-order valence-corrected chi connectivity index (χ1v) is 6.63. The van der Waals surface area contributed by atoms with Gasteiger partial charge in [-0.1, -0.05) is 30.1 Å². The number of furan rings is 1. The van der Waals surface area contributed by atoms with E-state index in [1.807, 2.05) is 31.2 Å². The van der Waals surface area contributed by atoms with Gasteiger partial charge in [-0.2, -0.15) is 0 Å². The molecule has 1 atom stereocenters. The summed E-state index contributed by atoms with van der Waals surface area (Å²) in [6, 6.07) is 7.64. The fourth-order valence-electron chi connectivity index (χ4n) is 1.81. The molecule has 18 heavy (non-hydrogen) atoms. The molecule has 0 fully saturated rings. The minimum atomic E-state index is 0.0938. The van der Waals surface area contributed by atoms with Crippen LogP contribution in [0.4, 0.5) is 5.69 Å². The second-order valence-electron chi connectivity index (χ2n) is 4.20. The van der Waals surface area contributed by atoms with Crippen LogP contribution >= 0.6 is 23.2 Å². The van der Waals surface area contributed by atoms with Gasteiger partial charge in [0.05, 0.1) is 23.0 Å². The Morgan fingerprint density at radius 1 is 1.28 bits per heavy atom. The molecular formula is C14H15Cl2NO. The van der Waals surface area contributed by atoms with E-state index in [4.69, 9.17) is 27.6 Å². The zero-order valence-corrected chi connectivity index (χ0v) is 11.8. The molecule has 0 aliphatic rings. The Labute approximate surface area is 117 Å². The van der Waals surface area contributed by atoms with Crippen LogP contribution in [0.25, 0.3) is 0 Å². The number of anilines is 1. The molecule has 0 spiro atoms. The molecule has 96 valence electrons. The van der Waals surface area contributed by atoms with Crippen molar-refractivity contribution < 1.29 is 4.42 Å². The summed E-state index contributed by atoms with van der Waals surface area (Å²) in [5.74, 6) is 0.894. The quantitative estimate of drug-likeness (QED) is 0.806. The van der Waals surface area contributed by atoms with Crippen molar-refractivity contribution in [3.05, 3.63) is 51.9 Å². The maximum absolute atomic E-state index is 6.21. The van der Waals surface area contributed by atoms with Gasteiger partial charge in [0.15, 0.2) is 0 Å². The molecule has 2 nitrogen and oxygen atoms in total. The van der Waals surface area contributed by atoms with E-state index in [0.717, 1.165) is 23.4 Å². The van der Waals surface area contributed by atoms with E-state index in [-0.39, 0.29) is 6.04 Å². The number of aryl methyl sites for hydroxylation is 1. The Hall–Kier alpha value is -1.12. The van der Waals surface area contributed by atoms with E-state index >= 15 is 0 Å². The lowest BCUT2D eigenvalue weighted by Crippen LogP contribution is -2.09. The van der Waals surface area contributed by atoms with Gasteiger partial charge in [0.25, 0.3) is 0 Å². The number of halogens is 2. The summed E-state index contributed by atoms with van der Waals surface area (Å²) < 4.78 is 5.41. The van der Waals surface area contributed by atoms with Crippen LogP contribution in [-0.4, -0.2) is 0 Å². The Morgan fingerprint density at radius 2 is 2.06 bits per heavy atom. The van der Waals surface area contributed by atoms with Crippen molar-refractivity contribution >= 4 is 28.9 Å². The molecule has 0 bridgehead atoms. The number of hydrogen-bond acceptors (Lipinski definition) is 2. The van der Waals surface area contributed by atoms with Crippen LogP contribution in [-0.2, 0) is 0 Å². The molecule has 0 saturated carbocycles. The van der Waals surface area contributed by atoms with Gasteiger partial charge in [-0.25, -0.2) is 0 Å². The number of nitrogens with one attached hydrogen (secondary N) is 1. The SMILES string of the molecule is CCC(Nc1cc(Cl)c(C)cc1Cl)c1ccco1. The van der Waals surface area contributed by atoms with Crippen LogP contribution in [0.5, 0.6) is 0 Å². The Balaban J connectivity index is 2.25. The molecule has 0 saturated heterocycles.